The number of nitrogens with two attached hydrogens (primary N) is 1. The van der Waals surface area contributed by atoms with Crippen LogP contribution in [0.5, 0.6) is 5.75 Å². The minimum absolute atomic E-state index is 0.318. The largest absolute Gasteiger partial charge is 0.496 e. The van der Waals surface area contributed by atoms with Gasteiger partial charge in [0.2, 0.25) is 0 Å². The van der Waals surface area contributed by atoms with Crippen LogP contribution in [-0.4, -0.2) is 22.1 Å². The van der Waals surface area contributed by atoms with Crippen LogP contribution in [0.2, 0.25) is 0 Å². The zero-order valence-corrected chi connectivity index (χ0v) is 13.6. The molecule has 23 heavy (non-hydrogen) atoms. The number of ether oxygens (including phenoxy) is 1. The van der Waals surface area contributed by atoms with Gasteiger partial charge in [0.25, 0.3) is 0 Å². The lowest BCUT2D eigenvalue weighted by atomic mass is 10.1. The second-order valence-electron chi connectivity index (χ2n) is 5.55. The van der Waals surface area contributed by atoms with Gasteiger partial charge in [-0.15, -0.1) is 5.10 Å². The van der Waals surface area contributed by atoms with Crippen molar-refractivity contribution in [1.29, 1.82) is 0 Å². The highest BCUT2D eigenvalue weighted by Crippen LogP contribution is 2.33. The third-order valence-electron chi connectivity index (χ3n) is 3.75. The van der Waals surface area contributed by atoms with E-state index in [0.717, 1.165) is 28.4 Å². The van der Waals surface area contributed by atoms with E-state index in [1.54, 1.807) is 7.11 Å². The van der Waals surface area contributed by atoms with E-state index in [9.17, 15) is 0 Å². The lowest BCUT2D eigenvalue weighted by Gasteiger charge is -2.12. The second-order valence-corrected chi connectivity index (χ2v) is 5.55. The number of aromatic nitrogens is 3. The first kappa shape index (κ1) is 15.2. The van der Waals surface area contributed by atoms with Crippen LogP contribution in [0.25, 0.3) is 16.9 Å². The van der Waals surface area contributed by atoms with Gasteiger partial charge in [-0.2, -0.15) is 0 Å². The van der Waals surface area contributed by atoms with E-state index < -0.39 is 0 Å². The highest BCUT2D eigenvalue weighted by Gasteiger charge is 2.18. The summed E-state index contributed by atoms with van der Waals surface area (Å²) in [5.41, 5.74) is 11.7. The van der Waals surface area contributed by atoms with Gasteiger partial charge in [-0.25, -0.2) is 4.68 Å². The van der Waals surface area contributed by atoms with Gasteiger partial charge in [0, 0.05) is 12.1 Å². The average Bonchev–Trinajstić information content (AvgIpc) is 2.97. The molecule has 1 aromatic heterocycles. The highest BCUT2D eigenvalue weighted by molar-refractivity contribution is 5.71. The predicted molar refractivity (Wildman–Crippen MR) is 90.7 cm³/mol. The summed E-state index contributed by atoms with van der Waals surface area (Å²) in [5, 5.41) is 8.58. The minimum Gasteiger partial charge on any atom is -0.496 e. The third-order valence-corrected chi connectivity index (χ3v) is 3.75. The molecule has 2 N–H and O–H groups in total. The molecule has 3 rings (SSSR count). The van der Waals surface area contributed by atoms with E-state index in [4.69, 9.17) is 10.5 Å². The summed E-state index contributed by atoms with van der Waals surface area (Å²) >= 11 is 0. The van der Waals surface area contributed by atoms with Gasteiger partial charge in [0.05, 0.1) is 12.8 Å². The van der Waals surface area contributed by atoms with E-state index in [0.29, 0.717) is 6.54 Å². The molecule has 0 bridgehead atoms. The van der Waals surface area contributed by atoms with Gasteiger partial charge in [0.1, 0.15) is 17.1 Å². The van der Waals surface area contributed by atoms with E-state index in [1.165, 1.54) is 11.1 Å². The quantitative estimate of drug-likeness (QED) is 0.804. The number of benzene rings is 2. The maximum absolute atomic E-state index is 5.87. The fraction of sp³-hybridized carbons (Fsp3) is 0.222. The molecule has 2 aromatic carbocycles. The van der Waals surface area contributed by atoms with Gasteiger partial charge in [-0.3, -0.25) is 0 Å². The summed E-state index contributed by atoms with van der Waals surface area (Å²) in [6.07, 6.45) is 0. The Morgan fingerprint density at radius 2 is 1.78 bits per heavy atom. The van der Waals surface area contributed by atoms with Crippen molar-refractivity contribution < 1.29 is 4.74 Å². The zero-order valence-electron chi connectivity index (χ0n) is 13.6. The van der Waals surface area contributed by atoms with E-state index >= 15 is 0 Å². The Morgan fingerprint density at radius 1 is 1.09 bits per heavy atom. The van der Waals surface area contributed by atoms with Crippen LogP contribution in [0, 0.1) is 13.8 Å². The number of para-hydroxylation sites is 1. The minimum atomic E-state index is 0.318. The zero-order chi connectivity index (χ0) is 16.4. The Bertz CT molecular complexity index is 819. The normalized spacial score (nSPS) is 10.8. The Balaban J connectivity index is 2.26. The first-order valence-corrected chi connectivity index (χ1v) is 7.50. The van der Waals surface area contributed by atoms with Crippen LogP contribution in [0.4, 0.5) is 0 Å². The van der Waals surface area contributed by atoms with E-state index in [1.807, 2.05) is 28.9 Å². The summed E-state index contributed by atoms with van der Waals surface area (Å²) in [6, 6.07) is 14.1. The maximum Gasteiger partial charge on any atom is 0.128 e. The molecule has 0 spiro atoms. The number of hydrogen-bond acceptors (Lipinski definition) is 4. The van der Waals surface area contributed by atoms with Crippen molar-refractivity contribution in [2.24, 2.45) is 5.73 Å². The number of rotatable bonds is 4. The molecule has 118 valence electrons. The topological polar surface area (TPSA) is 66.0 Å². The maximum atomic E-state index is 5.87. The molecule has 3 aromatic rings. The summed E-state index contributed by atoms with van der Waals surface area (Å²) in [6.45, 7) is 4.46. The lowest BCUT2D eigenvalue weighted by molar-refractivity contribution is 0.416. The van der Waals surface area contributed by atoms with Crippen LogP contribution in [0.15, 0.2) is 42.5 Å². The van der Waals surface area contributed by atoms with Gasteiger partial charge < -0.3 is 10.5 Å². The number of methoxy groups -OCH3 is 1. The number of nitrogens with zero attached hydrogens (tertiary/aromatic N) is 3. The Labute approximate surface area is 135 Å². The standard InChI is InChI=1S/C18H20N4O/c1-12-8-13(2)10-14(9-12)22-18(16(11-19)20-21-22)15-6-4-5-7-17(15)23-3/h4-10H,11,19H2,1-3H3. The van der Waals surface area contributed by atoms with Crippen molar-refractivity contribution in [2.45, 2.75) is 20.4 Å². The highest BCUT2D eigenvalue weighted by atomic mass is 16.5. The van der Waals surface area contributed by atoms with Gasteiger partial charge in [-0.05, 0) is 49.2 Å². The van der Waals surface area contributed by atoms with Crippen molar-refractivity contribution in [3.8, 4) is 22.7 Å². The molecule has 0 atom stereocenters. The van der Waals surface area contributed by atoms with Crippen LogP contribution in [-0.2, 0) is 6.54 Å². The molecule has 0 aliphatic carbocycles. The summed E-state index contributed by atoms with van der Waals surface area (Å²) in [5.74, 6) is 0.773. The van der Waals surface area contributed by atoms with Crippen LogP contribution >= 0.6 is 0 Å². The van der Waals surface area contributed by atoms with Crippen molar-refractivity contribution in [1.82, 2.24) is 15.0 Å². The van der Waals surface area contributed by atoms with Gasteiger partial charge in [-0.1, -0.05) is 23.4 Å². The monoisotopic (exact) mass is 308 g/mol. The third kappa shape index (κ3) is 2.83. The Kier molecular flexibility index (Phi) is 4.12. The summed E-state index contributed by atoms with van der Waals surface area (Å²) in [4.78, 5) is 0. The van der Waals surface area contributed by atoms with Gasteiger partial charge >= 0.3 is 0 Å². The molecule has 1 heterocycles. The first-order chi connectivity index (χ1) is 11.1. The van der Waals surface area contributed by atoms with Crippen LogP contribution in [0.3, 0.4) is 0 Å². The molecule has 0 saturated heterocycles. The molecule has 0 saturated carbocycles. The van der Waals surface area contributed by atoms with Crippen molar-refractivity contribution in [3.63, 3.8) is 0 Å². The fourth-order valence-corrected chi connectivity index (χ4v) is 2.81. The predicted octanol–water partition coefficient (Wildman–Crippen LogP) is 3.02. The van der Waals surface area contributed by atoms with E-state index in [-0.39, 0.29) is 0 Å². The Morgan fingerprint density at radius 3 is 2.43 bits per heavy atom. The van der Waals surface area contributed by atoms with Gasteiger partial charge in [0.15, 0.2) is 0 Å². The molecule has 0 aliphatic heterocycles. The lowest BCUT2D eigenvalue weighted by Crippen LogP contribution is -2.04. The van der Waals surface area contributed by atoms with E-state index in [2.05, 4.69) is 42.4 Å². The molecule has 5 nitrogen and oxygen atoms in total. The smallest absolute Gasteiger partial charge is 0.128 e. The van der Waals surface area contributed by atoms with Crippen LogP contribution < -0.4 is 10.5 Å². The molecule has 0 radical (unpaired) electrons. The summed E-state index contributed by atoms with van der Waals surface area (Å²) in [7, 11) is 1.66. The number of hydrogen-bond donors (Lipinski definition) is 1. The second kappa shape index (κ2) is 6.22. The number of aryl methyl sites for hydroxylation is 2. The van der Waals surface area contributed by atoms with Crippen molar-refractivity contribution >= 4 is 0 Å². The molecule has 0 amide bonds. The fourth-order valence-electron chi connectivity index (χ4n) is 2.81. The Hall–Kier alpha value is -2.66. The molecule has 5 heteroatoms. The average molecular weight is 308 g/mol. The van der Waals surface area contributed by atoms with Crippen molar-refractivity contribution in [3.05, 3.63) is 59.3 Å². The van der Waals surface area contributed by atoms with Crippen LogP contribution in [0.1, 0.15) is 16.8 Å². The molecular formula is C18H20N4O. The molecule has 0 fully saturated rings. The molecular weight excluding hydrogens is 288 g/mol. The molecule has 0 aliphatic rings. The summed E-state index contributed by atoms with van der Waals surface area (Å²) < 4.78 is 7.33. The first-order valence-electron chi connectivity index (χ1n) is 7.50. The van der Waals surface area contributed by atoms with Crippen molar-refractivity contribution in [2.75, 3.05) is 7.11 Å². The molecule has 0 unspecified atom stereocenters. The SMILES string of the molecule is COc1ccccc1-c1c(CN)nnn1-c1cc(C)cc(C)c1.